The highest BCUT2D eigenvalue weighted by molar-refractivity contribution is 14.0. The first-order valence-corrected chi connectivity index (χ1v) is 6.70. The van der Waals surface area contributed by atoms with Crippen molar-refractivity contribution in [2.24, 2.45) is 10.9 Å². The maximum absolute atomic E-state index is 11.5. The van der Waals surface area contributed by atoms with E-state index >= 15 is 0 Å². The molecule has 3 N–H and O–H groups in total. The highest BCUT2D eigenvalue weighted by Crippen LogP contribution is 2.32. The van der Waals surface area contributed by atoms with E-state index in [4.69, 9.17) is 4.74 Å². The van der Waals surface area contributed by atoms with Crippen LogP contribution in [0.25, 0.3) is 0 Å². The quantitative estimate of drug-likeness (QED) is 0.264. The Labute approximate surface area is 137 Å². The van der Waals surface area contributed by atoms with Gasteiger partial charge in [-0.05, 0) is 25.7 Å². The molecule has 6 nitrogen and oxygen atoms in total. The molecule has 1 amide bonds. The molecule has 0 saturated heterocycles. The number of nitrogens with one attached hydrogen (secondary N) is 3. The zero-order valence-electron chi connectivity index (χ0n) is 12.1. The third-order valence-corrected chi connectivity index (χ3v) is 2.90. The minimum atomic E-state index is -0.352. The monoisotopic (exact) mass is 396 g/mol. The second-order valence-electron chi connectivity index (χ2n) is 4.43. The summed E-state index contributed by atoms with van der Waals surface area (Å²) in [6, 6.07) is 0.0846. The van der Waals surface area contributed by atoms with Gasteiger partial charge in [0.05, 0.1) is 12.6 Å². The molecule has 0 aliphatic heterocycles. The fourth-order valence-electron chi connectivity index (χ4n) is 1.75. The van der Waals surface area contributed by atoms with E-state index in [0.29, 0.717) is 31.6 Å². The Hall–Kier alpha value is -0.990. The second-order valence-corrected chi connectivity index (χ2v) is 4.43. The molecule has 0 aromatic carbocycles. The van der Waals surface area contributed by atoms with E-state index in [1.165, 1.54) is 0 Å². The Morgan fingerprint density at radius 1 is 1.50 bits per heavy atom. The third kappa shape index (κ3) is 7.56. The molecule has 0 aromatic rings. The molecule has 1 aliphatic rings. The Kier molecular flexibility index (Phi) is 10.2. The number of ether oxygens (including phenoxy) is 1. The van der Waals surface area contributed by atoms with Crippen molar-refractivity contribution < 1.29 is 9.53 Å². The van der Waals surface area contributed by atoms with Crippen molar-refractivity contribution in [3.63, 3.8) is 0 Å². The number of rotatable bonds is 7. The van der Waals surface area contributed by atoms with E-state index in [0.717, 1.165) is 12.8 Å². The summed E-state index contributed by atoms with van der Waals surface area (Å²) in [5, 5.41) is 9.17. The number of carbonyl (C=O) groups is 1. The van der Waals surface area contributed by atoms with Crippen molar-refractivity contribution in [1.82, 2.24) is 16.0 Å². The molecule has 20 heavy (non-hydrogen) atoms. The average molecular weight is 396 g/mol. The number of alkyl carbamates (subject to hydrolysis) is 1. The standard InChI is InChI=1S/C13H24N4O2.HI/c1-4-8-15-12(14-3)16-9-11(10-6-7-10)17-13(18)19-5-2;/h4,10-11H,1,5-9H2,2-3H3,(H,17,18)(H2,14,15,16);1H. The summed E-state index contributed by atoms with van der Waals surface area (Å²) in [7, 11) is 1.71. The topological polar surface area (TPSA) is 74.8 Å². The normalized spacial score (nSPS) is 15.6. The number of guanidine groups is 1. The molecular formula is C13H25IN4O2. The van der Waals surface area contributed by atoms with Crippen LogP contribution in [0.5, 0.6) is 0 Å². The first-order valence-electron chi connectivity index (χ1n) is 6.70. The Morgan fingerprint density at radius 2 is 2.20 bits per heavy atom. The van der Waals surface area contributed by atoms with Gasteiger partial charge in [0.25, 0.3) is 0 Å². The summed E-state index contributed by atoms with van der Waals surface area (Å²) in [5.41, 5.74) is 0. The molecular weight excluding hydrogens is 371 g/mol. The fraction of sp³-hybridized carbons (Fsp3) is 0.692. The lowest BCUT2D eigenvalue weighted by Gasteiger charge is -2.20. The highest BCUT2D eigenvalue weighted by atomic mass is 127. The van der Waals surface area contributed by atoms with E-state index in [2.05, 4.69) is 27.5 Å². The van der Waals surface area contributed by atoms with E-state index < -0.39 is 0 Å². The summed E-state index contributed by atoms with van der Waals surface area (Å²) in [5.74, 6) is 1.24. The second kappa shape index (κ2) is 10.8. The van der Waals surface area contributed by atoms with E-state index in [-0.39, 0.29) is 36.1 Å². The van der Waals surface area contributed by atoms with Crippen molar-refractivity contribution in [3.8, 4) is 0 Å². The average Bonchev–Trinajstić information content (AvgIpc) is 3.22. The molecule has 1 saturated carbocycles. The predicted octanol–water partition coefficient (Wildman–Crippen LogP) is 1.48. The van der Waals surface area contributed by atoms with Gasteiger partial charge in [-0.2, -0.15) is 0 Å². The van der Waals surface area contributed by atoms with Crippen molar-refractivity contribution in [1.29, 1.82) is 0 Å². The molecule has 7 heteroatoms. The first kappa shape index (κ1) is 19.0. The fourth-order valence-corrected chi connectivity index (χ4v) is 1.75. The van der Waals surface area contributed by atoms with Crippen LogP contribution in [-0.2, 0) is 4.74 Å². The molecule has 0 bridgehead atoms. The minimum absolute atomic E-state index is 0. The molecule has 1 aliphatic carbocycles. The van der Waals surface area contributed by atoms with Gasteiger partial charge in [-0.25, -0.2) is 4.79 Å². The molecule has 1 fully saturated rings. The van der Waals surface area contributed by atoms with E-state index in [1.807, 2.05) is 0 Å². The molecule has 116 valence electrons. The smallest absolute Gasteiger partial charge is 0.407 e. The summed E-state index contributed by atoms with van der Waals surface area (Å²) >= 11 is 0. The number of carbonyl (C=O) groups excluding carboxylic acids is 1. The van der Waals surface area contributed by atoms with Crippen molar-refractivity contribution in [3.05, 3.63) is 12.7 Å². The van der Waals surface area contributed by atoms with Crippen molar-refractivity contribution in [2.45, 2.75) is 25.8 Å². The zero-order valence-corrected chi connectivity index (χ0v) is 14.5. The summed E-state index contributed by atoms with van der Waals surface area (Å²) < 4.78 is 4.91. The highest BCUT2D eigenvalue weighted by Gasteiger charge is 2.32. The number of amides is 1. The molecule has 1 unspecified atom stereocenters. The number of hydrogen-bond donors (Lipinski definition) is 3. The molecule has 1 rings (SSSR count). The third-order valence-electron chi connectivity index (χ3n) is 2.90. The van der Waals surface area contributed by atoms with Gasteiger partial charge in [-0.15, -0.1) is 30.6 Å². The largest absolute Gasteiger partial charge is 0.450 e. The van der Waals surface area contributed by atoms with Crippen LogP contribution in [0.3, 0.4) is 0 Å². The summed E-state index contributed by atoms with van der Waals surface area (Å²) in [6.45, 7) is 7.12. The molecule has 1 atom stereocenters. The Morgan fingerprint density at radius 3 is 2.70 bits per heavy atom. The van der Waals surface area contributed by atoms with Crippen LogP contribution in [0.15, 0.2) is 17.6 Å². The zero-order chi connectivity index (χ0) is 14.1. The van der Waals surface area contributed by atoms with Crippen LogP contribution < -0.4 is 16.0 Å². The number of nitrogens with zero attached hydrogens (tertiary/aromatic N) is 1. The Balaban J connectivity index is 0.00000361. The van der Waals surface area contributed by atoms with Gasteiger partial charge in [0.1, 0.15) is 0 Å². The van der Waals surface area contributed by atoms with Crippen molar-refractivity contribution >= 4 is 36.0 Å². The van der Waals surface area contributed by atoms with Crippen LogP contribution in [-0.4, -0.2) is 44.8 Å². The van der Waals surface area contributed by atoms with Gasteiger partial charge in [-0.1, -0.05) is 6.08 Å². The van der Waals surface area contributed by atoms with Crippen molar-refractivity contribution in [2.75, 3.05) is 26.7 Å². The Bertz CT molecular complexity index is 332. The first-order chi connectivity index (χ1) is 9.21. The molecule has 0 heterocycles. The summed E-state index contributed by atoms with van der Waals surface area (Å²) in [6.07, 6.45) is 3.71. The van der Waals surface area contributed by atoms with Crippen LogP contribution in [0.2, 0.25) is 0 Å². The SMILES string of the molecule is C=CCNC(=NC)NCC(NC(=O)OCC)C1CC1.I. The lowest BCUT2D eigenvalue weighted by molar-refractivity contribution is 0.146. The van der Waals surface area contributed by atoms with Gasteiger partial charge in [0, 0.05) is 20.1 Å². The maximum Gasteiger partial charge on any atom is 0.407 e. The number of hydrogen-bond acceptors (Lipinski definition) is 3. The lowest BCUT2D eigenvalue weighted by Crippen LogP contribution is -2.48. The van der Waals surface area contributed by atoms with Crippen LogP contribution in [0.1, 0.15) is 19.8 Å². The van der Waals surface area contributed by atoms with Gasteiger partial charge in [0.2, 0.25) is 0 Å². The minimum Gasteiger partial charge on any atom is -0.450 e. The molecule has 0 aromatic heterocycles. The van der Waals surface area contributed by atoms with Gasteiger partial charge >= 0.3 is 6.09 Å². The van der Waals surface area contributed by atoms with Crippen LogP contribution in [0, 0.1) is 5.92 Å². The number of aliphatic imine (C=N–C) groups is 1. The van der Waals surface area contributed by atoms with Crippen LogP contribution >= 0.6 is 24.0 Å². The van der Waals surface area contributed by atoms with Gasteiger partial charge in [-0.3, -0.25) is 4.99 Å². The predicted molar refractivity (Wildman–Crippen MR) is 91.6 cm³/mol. The lowest BCUT2D eigenvalue weighted by atomic mass is 10.2. The summed E-state index contributed by atoms with van der Waals surface area (Å²) in [4.78, 5) is 15.5. The number of halogens is 1. The molecule has 0 spiro atoms. The molecule has 0 radical (unpaired) electrons. The maximum atomic E-state index is 11.5. The van der Waals surface area contributed by atoms with Gasteiger partial charge in [0.15, 0.2) is 5.96 Å². The van der Waals surface area contributed by atoms with E-state index in [9.17, 15) is 4.79 Å². The van der Waals surface area contributed by atoms with Crippen LogP contribution in [0.4, 0.5) is 4.79 Å². The van der Waals surface area contributed by atoms with Gasteiger partial charge < -0.3 is 20.7 Å². The van der Waals surface area contributed by atoms with E-state index in [1.54, 1.807) is 20.0 Å².